The van der Waals surface area contributed by atoms with Crippen LogP contribution in [-0.4, -0.2) is 19.2 Å². The highest BCUT2D eigenvalue weighted by Crippen LogP contribution is 2.12. The Morgan fingerprint density at radius 1 is 1.42 bits per heavy atom. The number of nitrogens with one attached hydrogen (secondary N) is 1. The van der Waals surface area contributed by atoms with Crippen LogP contribution in [0.15, 0.2) is 45.9 Å². The summed E-state index contributed by atoms with van der Waals surface area (Å²) < 4.78 is 11.1. The van der Waals surface area contributed by atoms with Crippen molar-refractivity contribution >= 4 is 34.7 Å². The molecule has 1 amide bonds. The second-order valence-corrected chi connectivity index (χ2v) is 4.64. The summed E-state index contributed by atoms with van der Waals surface area (Å²) in [6.45, 7) is 0. The van der Waals surface area contributed by atoms with E-state index in [0.29, 0.717) is 17.1 Å². The van der Waals surface area contributed by atoms with Crippen molar-refractivity contribution in [2.45, 2.75) is 0 Å². The molecule has 2 aromatic rings. The smallest absolute Gasteiger partial charge is 0.271 e. The molecule has 0 aliphatic rings. The minimum atomic E-state index is -0.309. The SMILES string of the molecule is COc1cccc(C(=O)N/N=C\c2ccc(I)o2)c1. The lowest BCUT2D eigenvalue weighted by Gasteiger charge is -2.02. The Labute approximate surface area is 123 Å². The summed E-state index contributed by atoms with van der Waals surface area (Å²) in [6.07, 6.45) is 1.44. The number of carbonyl (C=O) groups is 1. The lowest BCUT2D eigenvalue weighted by molar-refractivity contribution is 0.0955. The van der Waals surface area contributed by atoms with Crippen molar-refractivity contribution in [3.05, 3.63) is 51.5 Å². The summed E-state index contributed by atoms with van der Waals surface area (Å²) in [4.78, 5) is 11.8. The van der Waals surface area contributed by atoms with Crippen molar-refractivity contribution < 1.29 is 13.9 Å². The fourth-order valence-corrected chi connectivity index (χ4v) is 1.82. The lowest BCUT2D eigenvalue weighted by Crippen LogP contribution is -2.17. The van der Waals surface area contributed by atoms with Crippen LogP contribution in [-0.2, 0) is 0 Å². The number of hydrogen-bond acceptors (Lipinski definition) is 4. The number of ether oxygens (including phenoxy) is 1. The third kappa shape index (κ3) is 3.82. The second-order valence-electron chi connectivity index (χ2n) is 3.57. The van der Waals surface area contributed by atoms with E-state index in [9.17, 15) is 4.79 Å². The molecule has 98 valence electrons. The zero-order valence-corrected chi connectivity index (χ0v) is 12.2. The summed E-state index contributed by atoms with van der Waals surface area (Å²) in [5.74, 6) is 0.893. The zero-order valence-electron chi connectivity index (χ0n) is 10.1. The third-order valence-electron chi connectivity index (χ3n) is 2.28. The number of methoxy groups -OCH3 is 1. The van der Waals surface area contributed by atoms with Gasteiger partial charge < -0.3 is 9.15 Å². The molecule has 0 saturated heterocycles. The summed E-state index contributed by atoms with van der Waals surface area (Å²) in [7, 11) is 1.55. The molecule has 0 atom stereocenters. The average molecular weight is 370 g/mol. The first-order valence-corrected chi connectivity index (χ1v) is 6.50. The van der Waals surface area contributed by atoms with Gasteiger partial charge in [0, 0.05) is 5.56 Å². The maximum atomic E-state index is 11.8. The van der Waals surface area contributed by atoms with E-state index in [1.54, 1.807) is 37.4 Å². The number of rotatable bonds is 4. The van der Waals surface area contributed by atoms with Gasteiger partial charge in [-0.3, -0.25) is 4.79 Å². The molecule has 0 bridgehead atoms. The van der Waals surface area contributed by atoms with Crippen LogP contribution in [0.1, 0.15) is 16.1 Å². The van der Waals surface area contributed by atoms with Crippen molar-refractivity contribution in [3.8, 4) is 5.75 Å². The molecule has 0 spiro atoms. The van der Waals surface area contributed by atoms with Crippen molar-refractivity contribution in [2.24, 2.45) is 5.10 Å². The van der Waals surface area contributed by atoms with Gasteiger partial charge in [-0.05, 0) is 52.9 Å². The van der Waals surface area contributed by atoms with Gasteiger partial charge in [-0.25, -0.2) is 5.43 Å². The van der Waals surface area contributed by atoms with Crippen LogP contribution in [0.25, 0.3) is 0 Å². The van der Waals surface area contributed by atoms with E-state index in [1.165, 1.54) is 6.21 Å². The number of furan rings is 1. The predicted molar refractivity (Wildman–Crippen MR) is 79.5 cm³/mol. The molecular formula is C13H11IN2O3. The summed E-state index contributed by atoms with van der Waals surface area (Å²) in [5, 5.41) is 3.82. The summed E-state index contributed by atoms with van der Waals surface area (Å²) in [5.41, 5.74) is 2.90. The average Bonchev–Trinajstić information content (AvgIpc) is 2.84. The Bertz CT molecular complexity index is 607. The Hall–Kier alpha value is -1.83. The zero-order chi connectivity index (χ0) is 13.7. The lowest BCUT2D eigenvalue weighted by atomic mass is 10.2. The molecule has 6 heteroatoms. The first-order chi connectivity index (χ1) is 9.19. The molecule has 5 nitrogen and oxygen atoms in total. The van der Waals surface area contributed by atoms with E-state index >= 15 is 0 Å². The summed E-state index contributed by atoms with van der Waals surface area (Å²) in [6, 6.07) is 10.4. The quantitative estimate of drug-likeness (QED) is 0.511. The van der Waals surface area contributed by atoms with Gasteiger partial charge in [-0.1, -0.05) is 6.07 Å². The first-order valence-electron chi connectivity index (χ1n) is 5.42. The minimum Gasteiger partial charge on any atom is -0.497 e. The topological polar surface area (TPSA) is 63.8 Å². The third-order valence-corrected chi connectivity index (χ3v) is 2.86. The molecule has 0 radical (unpaired) electrons. The molecule has 0 unspecified atom stereocenters. The van der Waals surface area contributed by atoms with Crippen molar-refractivity contribution in [3.63, 3.8) is 0 Å². The van der Waals surface area contributed by atoms with E-state index in [0.717, 1.165) is 3.77 Å². The van der Waals surface area contributed by atoms with Gasteiger partial charge in [0.05, 0.1) is 13.3 Å². The fraction of sp³-hybridized carbons (Fsp3) is 0.0769. The second kappa shape index (κ2) is 6.37. The van der Waals surface area contributed by atoms with E-state index in [4.69, 9.17) is 9.15 Å². The molecule has 0 aliphatic carbocycles. The highest BCUT2D eigenvalue weighted by Gasteiger charge is 2.05. The number of nitrogens with zero attached hydrogens (tertiary/aromatic N) is 1. The van der Waals surface area contributed by atoms with Crippen LogP contribution in [0.4, 0.5) is 0 Å². The van der Waals surface area contributed by atoms with Gasteiger partial charge in [0.25, 0.3) is 5.91 Å². The van der Waals surface area contributed by atoms with E-state index in [2.05, 4.69) is 33.1 Å². The molecule has 19 heavy (non-hydrogen) atoms. The van der Waals surface area contributed by atoms with E-state index in [1.807, 2.05) is 6.07 Å². The van der Waals surface area contributed by atoms with Crippen LogP contribution >= 0.6 is 22.6 Å². The fourth-order valence-electron chi connectivity index (χ4n) is 1.38. The van der Waals surface area contributed by atoms with Crippen molar-refractivity contribution in [2.75, 3.05) is 7.11 Å². The van der Waals surface area contributed by atoms with Gasteiger partial charge in [0.15, 0.2) is 3.77 Å². The van der Waals surface area contributed by atoms with Gasteiger partial charge in [0.2, 0.25) is 0 Å². The van der Waals surface area contributed by atoms with Gasteiger partial charge >= 0.3 is 0 Å². The van der Waals surface area contributed by atoms with Gasteiger partial charge in [-0.2, -0.15) is 5.10 Å². The number of hydrogen-bond donors (Lipinski definition) is 1. The van der Waals surface area contributed by atoms with Crippen LogP contribution in [0, 0.1) is 3.77 Å². The molecule has 1 heterocycles. The Morgan fingerprint density at radius 3 is 2.95 bits per heavy atom. The maximum Gasteiger partial charge on any atom is 0.271 e. The highest BCUT2D eigenvalue weighted by atomic mass is 127. The van der Waals surface area contributed by atoms with Crippen molar-refractivity contribution in [1.29, 1.82) is 0 Å². The van der Waals surface area contributed by atoms with Crippen LogP contribution in [0.5, 0.6) is 5.75 Å². The van der Waals surface area contributed by atoms with Crippen LogP contribution in [0.3, 0.4) is 0 Å². The Morgan fingerprint density at radius 2 is 2.26 bits per heavy atom. The molecule has 0 saturated carbocycles. The normalized spacial score (nSPS) is 10.6. The summed E-state index contributed by atoms with van der Waals surface area (Å²) >= 11 is 2.05. The van der Waals surface area contributed by atoms with Gasteiger partial charge in [-0.15, -0.1) is 0 Å². The van der Waals surface area contributed by atoms with Crippen LogP contribution < -0.4 is 10.2 Å². The standard InChI is InChI=1S/C13H11IN2O3/c1-18-10-4-2-3-9(7-10)13(17)16-15-8-11-5-6-12(14)19-11/h2-8H,1H3,(H,16,17)/b15-8-. The molecule has 1 N–H and O–H groups in total. The van der Waals surface area contributed by atoms with E-state index in [-0.39, 0.29) is 5.91 Å². The first kappa shape index (κ1) is 13.6. The molecule has 2 rings (SSSR count). The predicted octanol–water partition coefficient (Wildman–Crippen LogP) is 2.66. The highest BCUT2D eigenvalue weighted by molar-refractivity contribution is 14.1. The molecular weight excluding hydrogens is 359 g/mol. The molecule has 1 aromatic carbocycles. The largest absolute Gasteiger partial charge is 0.497 e. The van der Waals surface area contributed by atoms with Crippen LogP contribution in [0.2, 0.25) is 0 Å². The molecule has 1 aromatic heterocycles. The van der Waals surface area contributed by atoms with E-state index < -0.39 is 0 Å². The van der Waals surface area contributed by atoms with Crippen molar-refractivity contribution in [1.82, 2.24) is 5.43 Å². The number of halogens is 1. The number of benzene rings is 1. The van der Waals surface area contributed by atoms with Gasteiger partial charge in [0.1, 0.15) is 11.5 Å². The number of hydrazone groups is 1. The maximum absolute atomic E-state index is 11.8. The Kier molecular flexibility index (Phi) is 4.56. The molecule has 0 aliphatic heterocycles. The minimum absolute atomic E-state index is 0.309. The number of carbonyl (C=O) groups excluding carboxylic acids is 1. The monoisotopic (exact) mass is 370 g/mol. The number of amides is 1. The Balaban J connectivity index is 1.99. The molecule has 0 fully saturated rings.